The van der Waals surface area contributed by atoms with Gasteiger partial charge in [-0.1, -0.05) is 0 Å². The Morgan fingerprint density at radius 1 is 1.33 bits per heavy atom. The van der Waals surface area contributed by atoms with Crippen molar-refractivity contribution in [2.45, 2.75) is 32.4 Å². The molecule has 1 aromatic carbocycles. The molecule has 0 aliphatic carbocycles. The van der Waals surface area contributed by atoms with Gasteiger partial charge in [-0.25, -0.2) is 13.2 Å². The van der Waals surface area contributed by atoms with Crippen LogP contribution in [0.3, 0.4) is 0 Å². The summed E-state index contributed by atoms with van der Waals surface area (Å²) in [5.41, 5.74) is 1.09. The summed E-state index contributed by atoms with van der Waals surface area (Å²) in [6.07, 6.45) is -0.720. The fraction of sp³-hybridized carbons (Fsp3) is 0.444. The molecule has 0 saturated carbocycles. The minimum absolute atomic E-state index is 0.0151. The lowest BCUT2D eigenvalue weighted by Crippen LogP contribution is -2.42. The van der Waals surface area contributed by atoms with Gasteiger partial charge in [-0.05, 0) is 38.5 Å². The first-order valence-electron chi connectivity index (χ1n) is 8.49. The lowest BCUT2D eigenvalue weighted by Gasteiger charge is -2.16. The Balaban J connectivity index is 1.68. The fourth-order valence-electron chi connectivity index (χ4n) is 3.02. The second-order valence-corrected chi connectivity index (χ2v) is 8.80. The molecule has 1 saturated heterocycles. The van der Waals surface area contributed by atoms with Crippen molar-refractivity contribution in [3.63, 3.8) is 0 Å². The van der Waals surface area contributed by atoms with E-state index in [4.69, 9.17) is 13.9 Å². The Kier molecular flexibility index (Phi) is 5.14. The molecule has 2 aromatic rings. The SMILES string of the molecule is COc1ccc2oc(C(=O)O[C@H](C)C(=O)N[C@H]3CCS(=O)(=O)C3)c(C)c2c1. The van der Waals surface area contributed by atoms with Crippen LogP contribution in [-0.4, -0.2) is 51.1 Å². The van der Waals surface area contributed by atoms with E-state index in [1.165, 1.54) is 6.92 Å². The molecule has 1 aliphatic rings. The summed E-state index contributed by atoms with van der Waals surface area (Å²) in [6.45, 7) is 3.15. The highest BCUT2D eigenvalue weighted by Gasteiger charge is 2.31. The van der Waals surface area contributed by atoms with Gasteiger partial charge in [0.15, 0.2) is 15.9 Å². The molecule has 1 N–H and O–H groups in total. The maximum absolute atomic E-state index is 12.4. The van der Waals surface area contributed by atoms with Crippen LogP contribution >= 0.6 is 0 Å². The number of sulfone groups is 1. The van der Waals surface area contributed by atoms with E-state index in [-0.39, 0.29) is 17.3 Å². The predicted octanol–water partition coefficient (Wildman–Crippen LogP) is 1.60. The summed E-state index contributed by atoms with van der Waals surface area (Å²) in [5.74, 6) is -0.699. The smallest absolute Gasteiger partial charge is 0.375 e. The Labute approximate surface area is 156 Å². The molecule has 8 nitrogen and oxygen atoms in total. The minimum atomic E-state index is -3.11. The molecule has 3 rings (SSSR count). The van der Waals surface area contributed by atoms with Gasteiger partial charge in [-0.15, -0.1) is 0 Å². The predicted molar refractivity (Wildman–Crippen MR) is 97.6 cm³/mol. The van der Waals surface area contributed by atoms with Gasteiger partial charge in [-0.3, -0.25) is 4.79 Å². The number of carbonyl (C=O) groups excluding carboxylic acids is 2. The molecule has 2 atom stereocenters. The Morgan fingerprint density at radius 3 is 2.70 bits per heavy atom. The number of hydrogen-bond acceptors (Lipinski definition) is 7. The largest absolute Gasteiger partial charge is 0.497 e. The number of amides is 1. The first-order valence-corrected chi connectivity index (χ1v) is 10.3. The highest BCUT2D eigenvalue weighted by Crippen LogP contribution is 2.29. The van der Waals surface area contributed by atoms with Crippen molar-refractivity contribution in [2.75, 3.05) is 18.6 Å². The number of carbonyl (C=O) groups is 2. The highest BCUT2D eigenvalue weighted by atomic mass is 32.2. The third kappa shape index (κ3) is 4.08. The molecular weight excluding hydrogens is 374 g/mol. The lowest BCUT2D eigenvalue weighted by atomic mass is 10.1. The standard InChI is InChI=1S/C18H21NO7S/c1-10-14-8-13(24-3)4-5-15(14)26-16(10)18(21)25-11(2)17(20)19-12-6-7-27(22,23)9-12/h4-5,8,11-12H,6-7,9H2,1-3H3,(H,19,20)/t11-,12+/m1/s1. The van der Waals surface area contributed by atoms with Crippen molar-refractivity contribution in [3.8, 4) is 5.75 Å². The number of ether oxygens (including phenoxy) is 2. The molecule has 1 fully saturated rings. The molecule has 1 amide bonds. The zero-order valence-electron chi connectivity index (χ0n) is 15.3. The molecule has 146 valence electrons. The number of rotatable bonds is 5. The number of hydrogen-bond donors (Lipinski definition) is 1. The number of furan rings is 1. The summed E-state index contributed by atoms with van der Waals surface area (Å²) in [4.78, 5) is 24.6. The minimum Gasteiger partial charge on any atom is -0.497 e. The van der Waals surface area contributed by atoms with E-state index in [2.05, 4.69) is 5.32 Å². The van der Waals surface area contributed by atoms with E-state index < -0.39 is 33.9 Å². The Hall–Kier alpha value is -2.55. The monoisotopic (exact) mass is 395 g/mol. The van der Waals surface area contributed by atoms with E-state index in [1.807, 2.05) is 0 Å². The molecule has 1 aromatic heterocycles. The van der Waals surface area contributed by atoms with Crippen LogP contribution in [0.2, 0.25) is 0 Å². The van der Waals surface area contributed by atoms with Crippen molar-refractivity contribution in [2.24, 2.45) is 0 Å². The van der Waals surface area contributed by atoms with Crippen molar-refractivity contribution >= 4 is 32.7 Å². The van der Waals surface area contributed by atoms with Crippen molar-refractivity contribution in [3.05, 3.63) is 29.5 Å². The van der Waals surface area contributed by atoms with Crippen LogP contribution in [0, 0.1) is 6.92 Å². The molecule has 0 unspecified atom stereocenters. The molecule has 0 bridgehead atoms. The summed E-state index contributed by atoms with van der Waals surface area (Å²) < 4.78 is 38.9. The molecule has 2 heterocycles. The zero-order valence-corrected chi connectivity index (χ0v) is 16.1. The van der Waals surface area contributed by atoms with Gasteiger partial charge in [0.1, 0.15) is 11.3 Å². The Morgan fingerprint density at radius 2 is 2.07 bits per heavy atom. The number of aryl methyl sites for hydroxylation is 1. The first-order chi connectivity index (χ1) is 12.7. The molecule has 1 aliphatic heterocycles. The maximum Gasteiger partial charge on any atom is 0.375 e. The summed E-state index contributed by atoms with van der Waals surface area (Å²) >= 11 is 0. The van der Waals surface area contributed by atoms with Gasteiger partial charge >= 0.3 is 5.97 Å². The molecule has 0 radical (unpaired) electrons. The van der Waals surface area contributed by atoms with E-state index in [9.17, 15) is 18.0 Å². The number of fused-ring (bicyclic) bond motifs is 1. The van der Waals surface area contributed by atoms with Crippen molar-refractivity contribution < 1.29 is 31.9 Å². The third-order valence-electron chi connectivity index (χ3n) is 4.56. The van der Waals surface area contributed by atoms with Crippen LogP contribution in [0.4, 0.5) is 0 Å². The topological polar surface area (TPSA) is 112 Å². The average Bonchev–Trinajstić information content (AvgIpc) is 3.13. The summed E-state index contributed by atoms with van der Waals surface area (Å²) in [7, 11) is -1.56. The van der Waals surface area contributed by atoms with Crippen LogP contribution in [0.1, 0.15) is 29.5 Å². The van der Waals surface area contributed by atoms with E-state index >= 15 is 0 Å². The van der Waals surface area contributed by atoms with Crippen LogP contribution in [0.5, 0.6) is 5.75 Å². The molecular formula is C18H21NO7S. The summed E-state index contributed by atoms with van der Waals surface area (Å²) in [6, 6.07) is 4.70. The summed E-state index contributed by atoms with van der Waals surface area (Å²) in [5, 5.41) is 3.32. The lowest BCUT2D eigenvalue weighted by molar-refractivity contribution is -0.129. The van der Waals surface area contributed by atoms with Crippen molar-refractivity contribution in [1.82, 2.24) is 5.32 Å². The number of methoxy groups -OCH3 is 1. The molecule has 27 heavy (non-hydrogen) atoms. The highest BCUT2D eigenvalue weighted by molar-refractivity contribution is 7.91. The van der Waals surface area contributed by atoms with Crippen LogP contribution < -0.4 is 10.1 Å². The zero-order chi connectivity index (χ0) is 19.8. The number of esters is 1. The van der Waals surface area contributed by atoms with Gasteiger partial charge in [0, 0.05) is 17.0 Å². The van der Waals surface area contributed by atoms with Crippen LogP contribution in [-0.2, 0) is 19.4 Å². The van der Waals surface area contributed by atoms with E-state index in [1.54, 1.807) is 32.2 Å². The van der Waals surface area contributed by atoms with Gasteiger partial charge in [0.2, 0.25) is 5.76 Å². The second-order valence-electron chi connectivity index (χ2n) is 6.57. The van der Waals surface area contributed by atoms with Gasteiger partial charge in [0.25, 0.3) is 5.91 Å². The number of nitrogens with one attached hydrogen (secondary N) is 1. The fourth-order valence-corrected chi connectivity index (χ4v) is 4.69. The number of benzene rings is 1. The van der Waals surface area contributed by atoms with E-state index in [0.717, 1.165) is 5.39 Å². The third-order valence-corrected chi connectivity index (χ3v) is 6.33. The van der Waals surface area contributed by atoms with Gasteiger partial charge in [0.05, 0.1) is 18.6 Å². The second kappa shape index (κ2) is 7.22. The molecule has 0 spiro atoms. The average molecular weight is 395 g/mol. The van der Waals surface area contributed by atoms with E-state index in [0.29, 0.717) is 23.3 Å². The maximum atomic E-state index is 12.4. The van der Waals surface area contributed by atoms with Gasteiger partial charge < -0.3 is 19.2 Å². The first kappa shape index (κ1) is 19.2. The van der Waals surface area contributed by atoms with Crippen LogP contribution in [0.15, 0.2) is 22.6 Å². The van der Waals surface area contributed by atoms with Gasteiger partial charge in [-0.2, -0.15) is 0 Å². The Bertz CT molecular complexity index is 993. The quantitative estimate of drug-likeness (QED) is 0.765. The molecule has 9 heteroatoms. The van der Waals surface area contributed by atoms with Crippen molar-refractivity contribution in [1.29, 1.82) is 0 Å². The van der Waals surface area contributed by atoms with Crippen LogP contribution in [0.25, 0.3) is 11.0 Å². The normalized spacial score (nSPS) is 19.6.